The van der Waals surface area contributed by atoms with Crippen molar-refractivity contribution in [2.24, 2.45) is 0 Å². The minimum absolute atomic E-state index is 0.0655. The fraction of sp³-hybridized carbons (Fsp3) is 0.308. The zero-order chi connectivity index (χ0) is 23.5. The number of carbonyl (C=O) groups excluding carboxylic acids is 1. The van der Waals surface area contributed by atoms with E-state index in [9.17, 15) is 15.0 Å². The van der Waals surface area contributed by atoms with Gasteiger partial charge in [-0.2, -0.15) is 0 Å². The molecule has 0 unspecified atom stereocenters. The maximum atomic E-state index is 13.2. The molecule has 4 aromatic rings. The molecule has 5 rings (SSSR count). The van der Waals surface area contributed by atoms with Crippen LogP contribution in [-0.4, -0.2) is 32.7 Å². The van der Waals surface area contributed by atoms with E-state index in [2.05, 4.69) is 10.1 Å². The summed E-state index contributed by atoms with van der Waals surface area (Å²) in [6, 6.07) is 13.1. The first-order valence-electron chi connectivity index (χ1n) is 10.9. The largest absolute Gasteiger partial charge is 0.494 e. The van der Waals surface area contributed by atoms with Crippen LogP contribution in [0.1, 0.15) is 61.0 Å². The van der Waals surface area contributed by atoms with E-state index in [4.69, 9.17) is 16.1 Å². The third kappa shape index (κ3) is 3.63. The van der Waals surface area contributed by atoms with Gasteiger partial charge in [-0.25, -0.2) is 0 Å². The topological polar surface area (TPSA) is 99.3 Å². The quantitative estimate of drug-likeness (QED) is 0.327. The smallest absolute Gasteiger partial charge is 0.237 e. The van der Waals surface area contributed by atoms with Crippen molar-refractivity contribution in [1.82, 2.24) is 10.1 Å². The molecule has 1 saturated carbocycles. The van der Waals surface area contributed by atoms with Gasteiger partial charge in [-0.3, -0.25) is 4.79 Å². The number of hydrogen-bond acceptors (Lipinski definition) is 5. The van der Waals surface area contributed by atoms with Gasteiger partial charge in [0.15, 0.2) is 0 Å². The lowest BCUT2D eigenvalue weighted by atomic mass is 9.91. The third-order valence-corrected chi connectivity index (χ3v) is 6.87. The normalized spacial score (nSPS) is 15.2. The molecule has 0 spiro atoms. The molecule has 1 fully saturated rings. The Kier molecular flexibility index (Phi) is 4.92. The number of hydrogen-bond donors (Lipinski definition) is 3. The van der Waals surface area contributed by atoms with E-state index in [1.807, 2.05) is 45.0 Å². The molecule has 0 atom stereocenters. The molecule has 1 aliphatic carbocycles. The number of ketones is 1. The molecule has 0 bridgehead atoms. The van der Waals surface area contributed by atoms with Gasteiger partial charge in [-0.1, -0.05) is 61.8 Å². The first-order chi connectivity index (χ1) is 15.6. The average molecular weight is 465 g/mol. The summed E-state index contributed by atoms with van der Waals surface area (Å²) in [4.78, 5) is 16.1. The van der Waals surface area contributed by atoms with Gasteiger partial charge in [0.05, 0.1) is 28.4 Å². The number of aliphatic hydroxyl groups excluding tert-OH is 1. The summed E-state index contributed by atoms with van der Waals surface area (Å²) >= 11 is 6.56. The monoisotopic (exact) mass is 464 g/mol. The molecule has 2 aromatic carbocycles. The van der Waals surface area contributed by atoms with E-state index in [-0.39, 0.29) is 34.6 Å². The molecule has 170 valence electrons. The van der Waals surface area contributed by atoms with E-state index in [1.165, 1.54) is 0 Å². The summed E-state index contributed by atoms with van der Waals surface area (Å²) in [6.07, 6.45) is 1.98. The van der Waals surface area contributed by atoms with Gasteiger partial charge in [0.1, 0.15) is 0 Å². The second-order valence-electron chi connectivity index (χ2n) is 9.90. The molecule has 0 radical (unpaired) electrons. The summed E-state index contributed by atoms with van der Waals surface area (Å²) in [5.74, 6) is -0.634. The molecular formula is C26H25ClN2O4. The van der Waals surface area contributed by atoms with Gasteiger partial charge in [-0.15, -0.1) is 0 Å². The van der Waals surface area contributed by atoms with Crippen molar-refractivity contribution in [3.05, 3.63) is 70.1 Å². The SMILES string of the molecule is CC(C)(C)c1cc(C(=O)c2c(O)[nH]c3cc(Cl)c(-c4ccc(C5(CO)CC5)cc4)cc23)on1. The number of H-pyrrole nitrogens is 1. The molecule has 3 N–H and O–H groups in total. The van der Waals surface area contributed by atoms with Crippen LogP contribution < -0.4 is 0 Å². The lowest BCUT2D eigenvalue weighted by molar-refractivity contribution is 0.0999. The second-order valence-corrected chi connectivity index (χ2v) is 10.3. The molecule has 0 aliphatic heterocycles. The summed E-state index contributed by atoms with van der Waals surface area (Å²) in [5, 5.41) is 25.3. The van der Waals surface area contributed by atoms with Crippen molar-refractivity contribution in [2.75, 3.05) is 6.61 Å². The van der Waals surface area contributed by atoms with Gasteiger partial charge in [0.25, 0.3) is 0 Å². The van der Waals surface area contributed by atoms with E-state index < -0.39 is 5.78 Å². The number of nitrogens with zero attached hydrogens (tertiary/aromatic N) is 1. The van der Waals surface area contributed by atoms with E-state index in [0.717, 1.165) is 29.5 Å². The van der Waals surface area contributed by atoms with Crippen LogP contribution in [0, 0.1) is 0 Å². The molecule has 33 heavy (non-hydrogen) atoms. The zero-order valence-electron chi connectivity index (χ0n) is 18.7. The van der Waals surface area contributed by atoms with E-state index in [0.29, 0.717) is 21.6 Å². The standard InChI is InChI=1S/C26H25ClN2O4/c1-25(2,3)21-12-20(33-29-21)23(31)22-17-10-16(18(27)11-19(17)28-24(22)32)14-4-6-15(7-5-14)26(13-30)8-9-26/h4-7,10-12,28,30,32H,8-9,13H2,1-3H3. The van der Waals surface area contributed by atoms with Crippen LogP contribution in [0.15, 0.2) is 47.0 Å². The number of carbonyl (C=O) groups is 1. The van der Waals surface area contributed by atoms with Crippen LogP contribution in [0.3, 0.4) is 0 Å². The Balaban J connectivity index is 1.56. The van der Waals surface area contributed by atoms with E-state index in [1.54, 1.807) is 18.2 Å². The highest BCUT2D eigenvalue weighted by Crippen LogP contribution is 2.48. The molecule has 0 saturated heterocycles. The van der Waals surface area contributed by atoms with Gasteiger partial charge >= 0.3 is 0 Å². The van der Waals surface area contributed by atoms with Crippen molar-refractivity contribution < 1.29 is 19.5 Å². The summed E-state index contributed by atoms with van der Waals surface area (Å²) < 4.78 is 5.31. The zero-order valence-corrected chi connectivity index (χ0v) is 19.5. The van der Waals surface area contributed by atoms with Crippen LogP contribution in [0.25, 0.3) is 22.0 Å². The van der Waals surface area contributed by atoms with Gasteiger partial charge in [-0.05, 0) is 36.1 Å². The van der Waals surface area contributed by atoms with Gasteiger partial charge in [0, 0.05) is 27.8 Å². The molecule has 0 amide bonds. The molecule has 2 aromatic heterocycles. The van der Waals surface area contributed by atoms with Crippen molar-refractivity contribution in [3.8, 4) is 17.0 Å². The fourth-order valence-corrected chi connectivity index (χ4v) is 4.48. The number of rotatable bonds is 5. The summed E-state index contributed by atoms with van der Waals surface area (Å²) in [7, 11) is 0. The lowest BCUT2D eigenvalue weighted by Crippen LogP contribution is -2.11. The Morgan fingerprint density at radius 1 is 1.18 bits per heavy atom. The predicted molar refractivity (Wildman–Crippen MR) is 127 cm³/mol. The highest BCUT2D eigenvalue weighted by Gasteiger charge is 2.43. The van der Waals surface area contributed by atoms with Crippen molar-refractivity contribution in [2.45, 2.75) is 44.4 Å². The Morgan fingerprint density at radius 2 is 1.88 bits per heavy atom. The number of halogens is 1. The number of fused-ring (bicyclic) bond motifs is 1. The first kappa shape index (κ1) is 21.7. The highest BCUT2D eigenvalue weighted by atomic mass is 35.5. The lowest BCUT2D eigenvalue weighted by Gasteiger charge is -2.13. The molecule has 7 heteroatoms. The average Bonchev–Trinajstić information content (AvgIpc) is 3.27. The van der Waals surface area contributed by atoms with Crippen molar-refractivity contribution in [3.63, 3.8) is 0 Å². The summed E-state index contributed by atoms with van der Waals surface area (Å²) in [6.45, 7) is 6.08. The Morgan fingerprint density at radius 3 is 2.45 bits per heavy atom. The minimum atomic E-state index is -0.455. The number of aromatic nitrogens is 2. The van der Waals surface area contributed by atoms with Gasteiger partial charge < -0.3 is 19.7 Å². The van der Waals surface area contributed by atoms with Crippen LogP contribution >= 0.6 is 11.6 Å². The molecule has 6 nitrogen and oxygen atoms in total. The van der Waals surface area contributed by atoms with Crippen LogP contribution in [0.2, 0.25) is 5.02 Å². The number of aromatic amines is 1. The number of benzene rings is 2. The number of aromatic hydroxyl groups is 1. The molecule has 1 aliphatic rings. The van der Waals surface area contributed by atoms with Crippen LogP contribution in [0.4, 0.5) is 0 Å². The maximum absolute atomic E-state index is 13.2. The van der Waals surface area contributed by atoms with Crippen LogP contribution in [-0.2, 0) is 10.8 Å². The van der Waals surface area contributed by atoms with Crippen LogP contribution in [0.5, 0.6) is 5.88 Å². The maximum Gasteiger partial charge on any atom is 0.237 e. The fourth-order valence-electron chi connectivity index (χ4n) is 4.20. The first-order valence-corrected chi connectivity index (χ1v) is 11.3. The Labute approximate surface area is 196 Å². The number of aliphatic hydroxyl groups is 1. The second kappa shape index (κ2) is 7.47. The van der Waals surface area contributed by atoms with Crippen molar-refractivity contribution >= 4 is 28.3 Å². The molecular weight excluding hydrogens is 440 g/mol. The number of nitrogens with one attached hydrogen (secondary N) is 1. The van der Waals surface area contributed by atoms with Gasteiger partial charge in [0.2, 0.25) is 17.4 Å². The molecule has 2 heterocycles. The third-order valence-electron chi connectivity index (χ3n) is 6.56. The Hall–Kier alpha value is -3.09. The Bertz CT molecular complexity index is 1370. The summed E-state index contributed by atoms with van der Waals surface area (Å²) in [5.41, 5.74) is 3.68. The van der Waals surface area contributed by atoms with Crippen molar-refractivity contribution in [1.29, 1.82) is 0 Å². The predicted octanol–water partition coefficient (Wildman–Crippen LogP) is 5.73. The minimum Gasteiger partial charge on any atom is -0.494 e. The van der Waals surface area contributed by atoms with E-state index >= 15 is 0 Å². The highest BCUT2D eigenvalue weighted by molar-refractivity contribution is 6.34.